The molecule has 2 heterocycles. The van der Waals surface area contributed by atoms with Gasteiger partial charge in [0.05, 0.1) is 38.8 Å². The average molecular weight is 685 g/mol. The number of rotatable bonds is 21. The first-order valence-corrected chi connectivity index (χ1v) is 18.7. The number of allylic oxidation sites excluding steroid dienone is 4. The van der Waals surface area contributed by atoms with Gasteiger partial charge in [-0.15, -0.1) is 23.4 Å². The molecule has 2 saturated carbocycles. The van der Waals surface area contributed by atoms with Crippen LogP contribution in [-0.2, 0) is 35.8 Å². The van der Waals surface area contributed by atoms with E-state index in [0.29, 0.717) is 50.1 Å². The Bertz CT molecular complexity index is 1380. The van der Waals surface area contributed by atoms with Crippen LogP contribution in [0.5, 0.6) is 0 Å². The van der Waals surface area contributed by atoms with Crippen LogP contribution in [0.3, 0.4) is 0 Å². The second-order valence-corrected chi connectivity index (χ2v) is 15.8. The summed E-state index contributed by atoms with van der Waals surface area (Å²) in [5.41, 5.74) is 6.75. The van der Waals surface area contributed by atoms with Gasteiger partial charge >= 0.3 is 0 Å². The zero-order valence-electron chi connectivity index (χ0n) is 31.7. The molecule has 50 heavy (non-hydrogen) atoms. The number of hydrogen-bond acceptors (Lipinski definition) is 6. The molecule has 2 fully saturated rings. The van der Waals surface area contributed by atoms with Gasteiger partial charge in [-0.3, -0.25) is 9.36 Å². The average Bonchev–Trinajstić information content (AvgIpc) is 3.75. The molecule has 6 atom stereocenters. The van der Waals surface area contributed by atoms with Crippen LogP contribution in [-0.4, -0.2) is 43.2 Å². The highest BCUT2D eigenvalue weighted by molar-refractivity contribution is 5.17. The van der Waals surface area contributed by atoms with Gasteiger partial charge in [-0.1, -0.05) is 86.7 Å². The normalized spacial score (nSPS) is 26.7. The monoisotopic (exact) mass is 685 g/mol. The van der Waals surface area contributed by atoms with Crippen LogP contribution in [0.15, 0.2) is 86.3 Å². The largest absolute Gasteiger partial charge is 0.371 e. The van der Waals surface area contributed by atoms with E-state index in [0.717, 1.165) is 99.8 Å². The van der Waals surface area contributed by atoms with Crippen molar-refractivity contribution in [1.82, 2.24) is 30.0 Å². The summed E-state index contributed by atoms with van der Waals surface area (Å²) in [6, 6.07) is 0. The van der Waals surface area contributed by atoms with Gasteiger partial charge < -0.3 is 9.47 Å². The van der Waals surface area contributed by atoms with E-state index < -0.39 is 0 Å². The first-order valence-electron chi connectivity index (χ1n) is 18.7. The maximum atomic E-state index is 6.01. The zero-order chi connectivity index (χ0) is 36.3. The highest BCUT2D eigenvalue weighted by atomic mass is 16.5. The molecule has 4 rings (SSSR count). The molecule has 0 N–H and O–H groups in total. The molecule has 8 heteroatoms. The molecule has 0 amide bonds. The van der Waals surface area contributed by atoms with Crippen molar-refractivity contribution < 1.29 is 9.47 Å². The first kappa shape index (κ1) is 39.4. The number of nitrogens with zero attached hydrogens (tertiary/aromatic N) is 6. The van der Waals surface area contributed by atoms with E-state index in [1.165, 1.54) is 11.1 Å². The molecule has 0 saturated heterocycles. The van der Waals surface area contributed by atoms with Crippen molar-refractivity contribution in [2.75, 3.05) is 13.2 Å². The second-order valence-electron chi connectivity index (χ2n) is 15.8. The Morgan fingerprint density at radius 1 is 0.720 bits per heavy atom. The summed E-state index contributed by atoms with van der Waals surface area (Å²) in [6.45, 7) is 38.0. The first-order chi connectivity index (χ1) is 23.9. The molecule has 0 radical (unpaired) electrons. The minimum Gasteiger partial charge on any atom is -0.371 e. The Hall–Kier alpha value is -3.36. The molecule has 2 aliphatic carbocycles. The van der Waals surface area contributed by atoms with Gasteiger partial charge in [0, 0.05) is 13.1 Å². The number of unbranched alkanes of at least 4 members (excludes halogenated alkanes) is 3. The standard InChI is InChI=1S/C42H64N6O2/c1-11-41(9)19-17-35(23-39(41)31(3)4)33(7)27-49-29-37-25-47(45-43-37)21-15-13-14-16-22-48-26-38(44-46-48)30-50-28-34(8)36-18-20-42(10,12-2)40(24-36)32(5)6/h11-12,25-26,35-36,39-40H,1-3,5,7-8,13-24,27-30H2,4,6,9-10H3/t35-,36-,39+,40+,41-,42-/m1/s1. The van der Waals surface area contributed by atoms with Crippen molar-refractivity contribution >= 4 is 0 Å². The Morgan fingerprint density at radius 3 is 1.48 bits per heavy atom. The molecular formula is C42H64N6O2. The Balaban J connectivity index is 1.05. The van der Waals surface area contributed by atoms with Crippen molar-refractivity contribution in [3.05, 3.63) is 97.7 Å². The predicted octanol–water partition coefficient (Wildman–Crippen LogP) is 9.65. The van der Waals surface area contributed by atoms with E-state index >= 15 is 0 Å². The molecule has 2 aromatic rings. The Kier molecular flexibility index (Phi) is 14.4. The van der Waals surface area contributed by atoms with Gasteiger partial charge in [-0.05, 0) is 111 Å². The van der Waals surface area contributed by atoms with Gasteiger partial charge in [0.2, 0.25) is 0 Å². The summed E-state index contributed by atoms with van der Waals surface area (Å²) in [5.74, 6) is 1.78. The van der Waals surface area contributed by atoms with Gasteiger partial charge in [0.15, 0.2) is 0 Å². The van der Waals surface area contributed by atoms with Crippen LogP contribution < -0.4 is 0 Å². The molecule has 2 aromatic heterocycles. The smallest absolute Gasteiger partial charge is 0.108 e. The molecule has 2 aliphatic rings. The van der Waals surface area contributed by atoms with Crippen LogP contribution in [0, 0.1) is 34.5 Å². The summed E-state index contributed by atoms with van der Waals surface area (Å²) < 4.78 is 15.9. The minimum absolute atomic E-state index is 0.121. The number of aryl methyl sites for hydroxylation is 2. The Morgan fingerprint density at radius 2 is 1.12 bits per heavy atom. The molecule has 0 aliphatic heterocycles. The molecule has 0 bridgehead atoms. The van der Waals surface area contributed by atoms with Crippen LogP contribution >= 0.6 is 0 Å². The summed E-state index contributed by atoms with van der Waals surface area (Å²) in [4.78, 5) is 0. The highest BCUT2D eigenvalue weighted by Gasteiger charge is 2.40. The van der Waals surface area contributed by atoms with Gasteiger partial charge in [-0.2, -0.15) is 0 Å². The Labute approximate surface area is 302 Å². The van der Waals surface area contributed by atoms with Gasteiger partial charge in [0.25, 0.3) is 0 Å². The molecule has 0 aromatic carbocycles. The highest BCUT2D eigenvalue weighted by Crippen LogP contribution is 2.49. The third-order valence-corrected chi connectivity index (χ3v) is 11.7. The van der Waals surface area contributed by atoms with Gasteiger partial charge in [-0.25, -0.2) is 0 Å². The number of hydrogen-bond donors (Lipinski definition) is 0. The lowest BCUT2D eigenvalue weighted by Gasteiger charge is -2.43. The lowest BCUT2D eigenvalue weighted by Crippen LogP contribution is -2.34. The summed E-state index contributed by atoms with van der Waals surface area (Å²) in [7, 11) is 0. The topological polar surface area (TPSA) is 79.9 Å². The van der Waals surface area contributed by atoms with Gasteiger partial charge in [0.1, 0.15) is 11.4 Å². The van der Waals surface area contributed by atoms with E-state index in [-0.39, 0.29) is 10.8 Å². The summed E-state index contributed by atoms with van der Waals surface area (Å²) in [5, 5.41) is 17.2. The number of ether oxygens (including phenoxy) is 2. The van der Waals surface area contributed by atoms with Crippen molar-refractivity contribution in [2.24, 2.45) is 34.5 Å². The van der Waals surface area contributed by atoms with Crippen LogP contribution in [0.25, 0.3) is 0 Å². The summed E-state index contributed by atoms with van der Waals surface area (Å²) >= 11 is 0. The van der Waals surface area contributed by atoms with Crippen molar-refractivity contribution in [2.45, 2.75) is 118 Å². The lowest BCUT2D eigenvalue weighted by atomic mass is 9.61. The molecule has 8 nitrogen and oxygen atoms in total. The molecule has 274 valence electrons. The fourth-order valence-corrected chi connectivity index (χ4v) is 8.16. The summed E-state index contributed by atoms with van der Waals surface area (Å²) in [6.07, 6.45) is 19.1. The van der Waals surface area contributed by atoms with Crippen molar-refractivity contribution in [1.29, 1.82) is 0 Å². The van der Waals surface area contributed by atoms with E-state index in [9.17, 15) is 0 Å². The quantitative estimate of drug-likeness (QED) is 0.0963. The van der Waals surface area contributed by atoms with Crippen LogP contribution in [0.2, 0.25) is 0 Å². The van der Waals surface area contributed by atoms with Crippen molar-refractivity contribution in [3.8, 4) is 0 Å². The minimum atomic E-state index is 0.121. The predicted molar refractivity (Wildman–Crippen MR) is 204 cm³/mol. The maximum absolute atomic E-state index is 6.01. The molecular weight excluding hydrogens is 621 g/mol. The van der Waals surface area contributed by atoms with Crippen molar-refractivity contribution in [3.63, 3.8) is 0 Å². The van der Waals surface area contributed by atoms with E-state index in [2.05, 4.69) is 99.9 Å². The fourth-order valence-electron chi connectivity index (χ4n) is 8.16. The van der Waals surface area contributed by atoms with E-state index in [1.807, 2.05) is 21.8 Å². The fraction of sp³-hybridized carbons (Fsp3) is 0.619. The molecule has 0 unspecified atom stereocenters. The second kappa shape index (κ2) is 18.2. The van der Waals surface area contributed by atoms with E-state index in [1.54, 1.807) is 0 Å². The SMILES string of the molecule is C=C[C@]1(C)CC[C@@H](C(=C)COCc2cn(CCCCCCn3cc(COCC(=C)[C@@H]4CC[C@@](C)(C=C)[C@H](C(=C)C)C4)nn3)nn2)C[C@H]1C(=C)C. The molecule has 0 spiro atoms. The van der Waals surface area contributed by atoms with Crippen LogP contribution in [0.1, 0.15) is 103 Å². The zero-order valence-corrected chi connectivity index (χ0v) is 31.7. The number of aromatic nitrogens is 6. The maximum Gasteiger partial charge on any atom is 0.108 e. The van der Waals surface area contributed by atoms with E-state index in [4.69, 9.17) is 9.47 Å². The third kappa shape index (κ3) is 10.6. The third-order valence-electron chi connectivity index (χ3n) is 11.7. The van der Waals surface area contributed by atoms with Crippen LogP contribution in [0.4, 0.5) is 0 Å². The lowest BCUT2D eigenvalue weighted by molar-refractivity contribution is 0.116.